The van der Waals surface area contributed by atoms with E-state index in [0.29, 0.717) is 17.2 Å². The number of nitrogens with one attached hydrogen (secondary N) is 1. The van der Waals surface area contributed by atoms with Crippen molar-refractivity contribution in [3.63, 3.8) is 0 Å². The molecule has 0 heterocycles. The number of ether oxygens (including phenoxy) is 1. The van der Waals surface area contributed by atoms with Gasteiger partial charge in [-0.15, -0.1) is 12.1 Å². The summed E-state index contributed by atoms with van der Waals surface area (Å²) in [5.41, 5.74) is 1.54. The van der Waals surface area contributed by atoms with Crippen molar-refractivity contribution in [1.29, 1.82) is 5.26 Å². The number of nitriles is 1. The largest absolute Gasteiger partial charge is 0.515 e. The minimum Gasteiger partial charge on any atom is -0.515 e. The first-order valence-corrected chi connectivity index (χ1v) is 7.95. The predicted molar refractivity (Wildman–Crippen MR) is 86.4 cm³/mol. The Bertz CT molecular complexity index is 797. The zero-order chi connectivity index (χ0) is 15.5. The van der Waals surface area contributed by atoms with E-state index in [4.69, 9.17) is 10.00 Å². The second-order valence-electron chi connectivity index (χ2n) is 4.51. The Labute approximate surface area is 162 Å². The minimum atomic E-state index is -3.38. The van der Waals surface area contributed by atoms with Gasteiger partial charge in [0.15, 0.2) is 0 Å². The Morgan fingerprint density at radius 3 is 2.48 bits per heavy atom. The smallest absolute Gasteiger partial charge is 0.229 e. The fourth-order valence-corrected chi connectivity index (χ4v) is 2.22. The van der Waals surface area contributed by atoms with Crippen LogP contribution in [-0.2, 0) is 42.7 Å². The summed E-state index contributed by atoms with van der Waals surface area (Å²) in [6.45, 7) is 1.91. The molecule has 2 aromatic carbocycles. The third-order valence-electron chi connectivity index (χ3n) is 2.57. The maximum Gasteiger partial charge on any atom is 0.229 e. The Morgan fingerprint density at radius 2 is 1.96 bits per heavy atom. The SMILES string of the molecule is C.Cc1[c-]cc(Oc2ccc(NS(C)(=O)=O)cc2C#N)cc1.[Y]. The van der Waals surface area contributed by atoms with Crippen LogP contribution in [0.4, 0.5) is 5.69 Å². The molecule has 0 saturated carbocycles. The molecule has 0 fully saturated rings. The number of benzene rings is 2. The third-order valence-corrected chi connectivity index (χ3v) is 3.18. The summed E-state index contributed by atoms with van der Waals surface area (Å²) in [5, 5.41) is 9.15. The molecule has 0 aliphatic heterocycles. The number of hydrogen-bond donors (Lipinski definition) is 1. The van der Waals surface area contributed by atoms with E-state index in [0.717, 1.165) is 11.8 Å². The molecule has 0 saturated heterocycles. The van der Waals surface area contributed by atoms with Crippen LogP contribution >= 0.6 is 0 Å². The van der Waals surface area contributed by atoms with Crippen LogP contribution in [0.1, 0.15) is 18.6 Å². The Hall–Kier alpha value is -1.42. The van der Waals surface area contributed by atoms with Crippen LogP contribution in [0.3, 0.4) is 0 Å². The van der Waals surface area contributed by atoms with E-state index in [-0.39, 0.29) is 45.7 Å². The van der Waals surface area contributed by atoms with Gasteiger partial charge >= 0.3 is 0 Å². The van der Waals surface area contributed by atoms with Crippen LogP contribution in [0.2, 0.25) is 0 Å². The van der Waals surface area contributed by atoms with E-state index in [1.165, 1.54) is 12.1 Å². The first-order valence-electron chi connectivity index (χ1n) is 6.05. The summed E-state index contributed by atoms with van der Waals surface area (Å²) in [4.78, 5) is 0. The molecule has 0 unspecified atom stereocenters. The number of nitrogens with zero attached hydrogens (tertiary/aromatic N) is 1. The van der Waals surface area contributed by atoms with E-state index < -0.39 is 10.0 Å². The van der Waals surface area contributed by atoms with Crippen molar-refractivity contribution in [2.45, 2.75) is 14.4 Å². The number of sulfonamides is 1. The second kappa shape index (κ2) is 9.02. The van der Waals surface area contributed by atoms with Crippen molar-refractivity contribution in [3.05, 3.63) is 53.6 Å². The minimum absolute atomic E-state index is 0. The Balaban J connectivity index is 0.00000242. The molecular weight excluding hydrogens is 389 g/mol. The topological polar surface area (TPSA) is 79.2 Å². The fraction of sp³-hybridized carbons (Fsp3) is 0.188. The van der Waals surface area contributed by atoms with Crippen molar-refractivity contribution in [3.8, 4) is 17.6 Å². The number of hydrogen-bond acceptors (Lipinski definition) is 4. The molecule has 7 heteroatoms. The van der Waals surface area contributed by atoms with E-state index in [9.17, 15) is 8.42 Å². The molecule has 23 heavy (non-hydrogen) atoms. The quantitative estimate of drug-likeness (QED) is 0.789. The van der Waals surface area contributed by atoms with E-state index in [1.54, 1.807) is 18.2 Å². The number of anilines is 1. The molecule has 0 bridgehead atoms. The van der Waals surface area contributed by atoms with E-state index in [2.05, 4.69) is 10.8 Å². The number of aryl methyl sites for hydroxylation is 1. The molecule has 0 amide bonds. The molecule has 1 N–H and O–H groups in total. The molecule has 0 aliphatic carbocycles. The van der Waals surface area contributed by atoms with Crippen molar-refractivity contribution >= 4 is 15.7 Å². The van der Waals surface area contributed by atoms with Crippen molar-refractivity contribution < 1.29 is 45.9 Å². The Morgan fingerprint density at radius 1 is 1.26 bits per heavy atom. The average molecular weight is 406 g/mol. The van der Waals surface area contributed by atoms with Gasteiger partial charge in [0.05, 0.1) is 17.5 Å². The van der Waals surface area contributed by atoms with Gasteiger partial charge in [-0.3, -0.25) is 4.72 Å². The maximum absolute atomic E-state index is 11.2. The second-order valence-corrected chi connectivity index (χ2v) is 6.25. The summed E-state index contributed by atoms with van der Waals surface area (Å²) in [7, 11) is -3.38. The molecule has 119 valence electrons. The molecule has 1 radical (unpaired) electrons. The van der Waals surface area contributed by atoms with Crippen LogP contribution in [0.25, 0.3) is 0 Å². The van der Waals surface area contributed by atoms with Gasteiger partial charge in [-0.05, 0) is 18.2 Å². The molecule has 0 aliphatic rings. The zero-order valence-corrected chi connectivity index (χ0v) is 15.8. The van der Waals surface area contributed by atoms with Gasteiger partial charge in [0.25, 0.3) is 0 Å². The van der Waals surface area contributed by atoms with Gasteiger partial charge in [0, 0.05) is 38.5 Å². The first-order chi connectivity index (χ1) is 9.87. The average Bonchev–Trinajstić information content (AvgIpc) is 2.41. The summed E-state index contributed by atoms with van der Waals surface area (Å²) in [5.74, 6) is 0.912. The monoisotopic (exact) mass is 406 g/mol. The normalized spacial score (nSPS) is 9.78. The van der Waals surface area contributed by atoms with E-state index in [1.807, 2.05) is 19.1 Å². The first kappa shape index (κ1) is 21.6. The van der Waals surface area contributed by atoms with Crippen LogP contribution < -0.4 is 9.46 Å². The zero-order valence-electron chi connectivity index (χ0n) is 12.1. The maximum atomic E-state index is 11.2. The summed E-state index contributed by atoms with van der Waals surface area (Å²) in [6, 6.07) is 14.8. The summed E-state index contributed by atoms with van der Waals surface area (Å²) in [6.07, 6.45) is 1.05. The fourth-order valence-electron chi connectivity index (χ4n) is 1.66. The van der Waals surface area contributed by atoms with Crippen LogP contribution in [0.5, 0.6) is 11.5 Å². The van der Waals surface area contributed by atoms with Gasteiger partial charge in [0.2, 0.25) is 10.0 Å². The third kappa shape index (κ3) is 6.70. The van der Waals surface area contributed by atoms with Crippen LogP contribution in [0, 0.1) is 24.3 Å². The molecule has 2 rings (SSSR count). The molecule has 0 spiro atoms. The van der Waals surface area contributed by atoms with Gasteiger partial charge in [-0.1, -0.05) is 14.4 Å². The van der Waals surface area contributed by atoms with Crippen molar-refractivity contribution in [2.75, 3.05) is 11.0 Å². The van der Waals surface area contributed by atoms with Gasteiger partial charge in [-0.2, -0.15) is 23.0 Å². The molecule has 2 aromatic rings. The van der Waals surface area contributed by atoms with Crippen molar-refractivity contribution in [1.82, 2.24) is 0 Å². The summed E-state index contributed by atoms with van der Waals surface area (Å²) >= 11 is 0. The predicted octanol–water partition coefficient (Wildman–Crippen LogP) is 3.46. The van der Waals surface area contributed by atoms with Gasteiger partial charge in [-0.25, -0.2) is 8.42 Å². The Kier molecular flexibility index (Phi) is 8.46. The standard InChI is InChI=1S/C15H13N2O3S.CH4.Y/c1-11-3-6-14(7-4-11)20-15-8-5-13(9-12(15)10-16)17-21(2,18)19;;/h3,5-9,17H,1-2H3;1H4;/q-1;;. The van der Waals surface area contributed by atoms with Crippen LogP contribution in [-0.4, -0.2) is 14.7 Å². The molecule has 0 aromatic heterocycles. The summed E-state index contributed by atoms with van der Waals surface area (Å²) < 4.78 is 30.3. The van der Waals surface area contributed by atoms with Crippen molar-refractivity contribution in [2.24, 2.45) is 0 Å². The van der Waals surface area contributed by atoms with Crippen LogP contribution in [0.15, 0.2) is 36.4 Å². The van der Waals surface area contributed by atoms with Gasteiger partial charge < -0.3 is 4.74 Å². The molecule has 0 atom stereocenters. The molecule has 5 nitrogen and oxygen atoms in total. The van der Waals surface area contributed by atoms with Gasteiger partial charge in [0.1, 0.15) is 11.8 Å². The van der Waals surface area contributed by atoms with E-state index >= 15 is 0 Å². The molecular formula is C16H17N2O3SY-. The number of rotatable bonds is 4.